The molecule has 1 aromatic carbocycles. The zero-order valence-corrected chi connectivity index (χ0v) is 16.5. The lowest BCUT2D eigenvalue weighted by Crippen LogP contribution is -2.33. The second-order valence-electron chi connectivity index (χ2n) is 5.56. The minimum atomic E-state index is -2.07. The highest BCUT2D eigenvalue weighted by Crippen LogP contribution is 2.38. The average molecular weight is 423 g/mol. The van der Waals surface area contributed by atoms with Crippen LogP contribution in [0.5, 0.6) is 5.75 Å². The van der Waals surface area contributed by atoms with Crippen LogP contribution in [0.2, 0.25) is 0 Å². The van der Waals surface area contributed by atoms with Gasteiger partial charge in [-0.1, -0.05) is 13.0 Å². The van der Waals surface area contributed by atoms with Crippen molar-refractivity contribution in [1.82, 2.24) is 4.72 Å². The third-order valence-electron chi connectivity index (χ3n) is 3.41. The lowest BCUT2D eigenvalue weighted by Gasteiger charge is -2.19. The van der Waals surface area contributed by atoms with Crippen molar-refractivity contribution in [2.75, 3.05) is 30.3 Å². The topological polar surface area (TPSA) is 103 Å². The molecule has 28 heavy (non-hydrogen) atoms. The summed E-state index contributed by atoms with van der Waals surface area (Å²) in [5.41, 5.74) is -0.859. The Bertz CT molecular complexity index is 756. The first-order valence-electron chi connectivity index (χ1n) is 8.31. The van der Waals surface area contributed by atoms with Crippen LogP contribution >= 0.6 is 0 Å². The maximum absolute atomic E-state index is 14.4. The normalized spacial score (nSPS) is 14.6. The van der Waals surface area contributed by atoms with Crippen LogP contribution in [0.3, 0.4) is 0 Å². The molecule has 0 heterocycles. The molecule has 7 nitrogen and oxygen atoms in total. The SMILES string of the molecule is CC/C=C\C(Nc1c(F)c(F)cc(OC)c1NS(=O)NCC(O)CO)=C(/C)F. The van der Waals surface area contributed by atoms with Crippen LogP contribution in [-0.2, 0) is 11.2 Å². The number of anilines is 2. The molecule has 5 N–H and O–H groups in total. The molecule has 2 atom stereocenters. The Balaban J connectivity index is 3.30. The van der Waals surface area contributed by atoms with Gasteiger partial charge in [0.25, 0.3) is 0 Å². The molecular formula is C17H24F3N3O4S. The fourth-order valence-electron chi connectivity index (χ4n) is 1.96. The molecule has 158 valence electrons. The Hall–Kier alpha value is -2.08. The van der Waals surface area contributed by atoms with Crippen LogP contribution in [0.1, 0.15) is 20.3 Å². The summed E-state index contributed by atoms with van der Waals surface area (Å²) in [5, 5.41) is 20.5. The lowest BCUT2D eigenvalue weighted by atomic mass is 10.2. The van der Waals surface area contributed by atoms with Crippen molar-refractivity contribution in [2.45, 2.75) is 26.4 Å². The van der Waals surface area contributed by atoms with E-state index in [9.17, 15) is 22.5 Å². The van der Waals surface area contributed by atoms with Gasteiger partial charge >= 0.3 is 0 Å². The van der Waals surface area contributed by atoms with Gasteiger partial charge in [0.1, 0.15) is 23.0 Å². The fourth-order valence-corrected chi connectivity index (χ4v) is 2.76. The molecule has 1 aromatic rings. The summed E-state index contributed by atoms with van der Waals surface area (Å²) in [6.07, 6.45) is 2.39. The van der Waals surface area contributed by atoms with Crippen molar-refractivity contribution >= 4 is 22.5 Å². The van der Waals surface area contributed by atoms with E-state index in [0.717, 1.165) is 13.0 Å². The van der Waals surface area contributed by atoms with E-state index in [1.54, 1.807) is 6.08 Å². The van der Waals surface area contributed by atoms with Crippen LogP contribution in [0, 0.1) is 11.6 Å². The van der Waals surface area contributed by atoms with E-state index in [4.69, 9.17) is 9.84 Å². The number of nitrogens with one attached hydrogen (secondary N) is 3. The Morgan fingerprint density at radius 2 is 2.07 bits per heavy atom. The Morgan fingerprint density at radius 1 is 1.39 bits per heavy atom. The summed E-state index contributed by atoms with van der Waals surface area (Å²) in [5.74, 6) is -3.45. The quantitative estimate of drug-likeness (QED) is 0.352. The van der Waals surface area contributed by atoms with Gasteiger partial charge in [-0.25, -0.2) is 22.1 Å². The molecule has 11 heteroatoms. The number of benzene rings is 1. The zero-order valence-electron chi connectivity index (χ0n) is 15.7. The molecule has 0 fully saturated rings. The number of methoxy groups -OCH3 is 1. The number of aliphatic hydroxyl groups is 2. The molecule has 0 aliphatic carbocycles. The maximum Gasteiger partial charge on any atom is 0.193 e. The summed E-state index contributed by atoms with van der Waals surface area (Å²) >= 11 is -2.07. The van der Waals surface area contributed by atoms with Gasteiger partial charge in [0, 0.05) is 12.6 Å². The van der Waals surface area contributed by atoms with Gasteiger partial charge in [0.2, 0.25) is 0 Å². The van der Waals surface area contributed by atoms with Gasteiger partial charge in [-0.15, -0.1) is 0 Å². The van der Waals surface area contributed by atoms with Crippen LogP contribution in [0.25, 0.3) is 0 Å². The first-order chi connectivity index (χ1) is 13.2. The lowest BCUT2D eigenvalue weighted by molar-refractivity contribution is 0.0991. The summed E-state index contributed by atoms with van der Waals surface area (Å²) in [6.45, 7) is 2.16. The van der Waals surface area contributed by atoms with E-state index >= 15 is 0 Å². The zero-order chi connectivity index (χ0) is 21.3. The van der Waals surface area contributed by atoms with E-state index in [2.05, 4.69) is 14.8 Å². The van der Waals surface area contributed by atoms with Crippen molar-refractivity contribution in [3.8, 4) is 5.75 Å². The molecule has 0 radical (unpaired) electrons. The van der Waals surface area contributed by atoms with Crippen LogP contribution in [0.15, 0.2) is 29.7 Å². The fraction of sp³-hybridized carbons (Fsp3) is 0.412. The number of allylic oxidation sites excluding steroid dienone is 3. The van der Waals surface area contributed by atoms with Crippen molar-refractivity contribution < 1.29 is 32.3 Å². The molecule has 0 bridgehead atoms. The Morgan fingerprint density at radius 3 is 2.61 bits per heavy atom. The van der Waals surface area contributed by atoms with Crippen molar-refractivity contribution in [1.29, 1.82) is 0 Å². The molecule has 1 rings (SSSR count). The van der Waals surface area contributed by atoms with E-state index in [-0.39, 0.29) is 23.7 Å². The van der Waals surface area contributed by atoms with Crippen LogP contribution in [0.4, 0.5) is 24.5 Å². The van der Waals surface area contributed by atoms with E-state index in [1.807, 2.05) is 6.92 Å². The molecule has 0 saturated carbocycles. The summed E-state index contributed by atoms with van der Waals surface area (Å²) < 4.78 is 64.1. The smallest absolute Gasteiger partial charge is 0.193 e. The molecule has 0 amide bonds. The van der Waals surface area contributed by atoms with E-state index < -0.39 is 47.0 Å². The predicted octanol–water partition coefficient (Wildman–Crippen LogP) is 2.49. The highest BCUT2D eigenvalue weighted by Gasteiger charge is 2.22. The highest BCUT2D eigenvalue weighted by molar-refractivity contribution is 7.84. The van der Waals surface area contributed by atoms with Crippen molar-refractivity contribution in [3.63, 3.8) is 0 Å². The summed E-state index contributed by atoms with van der Waals surface area (Å²) in [7, 11) is 1.20. The number of hydrogen-bond donors (Lipinski definition) is 5. The van der Waals surface area contributed by atoms with Crippen molar-refractivity contribution in [2.24, 2.45) is 0 Å². The molecule has 0 aliphatic heterocycles. The monoisotopic (exact) mass is 423 g/mol. The molecule has 0 aromatic heterocycles. The first-order valence-corrected chi connectivity index (χ1v) is 9.46. The standard InChI is InChI=1S/C17H24F3N3O4S/c1-4-5-6-13(10(2)18)22-17-15(20)12(19)7-14(27-3)16(17)23-28(26)21-8-11(25)9-24/h5-7,11,21-25H,4,8-9H2,1-3H3/b6-5-,13-10-. The molecular weight excluding hydrogens is 399 g/mol. The van der Waals surface area contributed by atoms with Gasteiger partial charge < -0.3 is 20.3 Å². The van der Waals surface area contributed by atoms with Gasteiger partial charge in [-0.05, 0) is 19.4 Å². The van der Waals surface area contributed by atoms with Crippen LogP contribution in [-0.4, -0.2) is 40.8 Å². The van der Waals surface area contributed by atoms with E-state index in [0.29, 0.717) is 6.42 Å². The minimum Gasteiger partial charge on any atom is -0.494 e. The predicted molar refractivity (Wildman–Crippen MR) is 103 cm³/mol. The third-order valence-corrected chi connectivity index (χ3v) is 4.23. The van der Waals surface area contributed by atoms with Gasteiger partial charge in [0.15, 0.2) is 22.8 Å². The first kappa shape index (κ1) is 24.0. The van der Waals surface area contributed by atoms with Crippen LogP contribution < -0.4 is 19.5 Å². The second kappa shape index (κ2) is 11.7. The maximum atomic E-state index is 14.4. The van der Waals surface area contributed by atoms with Gasteiger partial charge in [-0.3, -0.25) is 4.72 Å². The van der Waals surface area contributed by atoms with Crippen molar-refractivity contribution in [3.05, 3.63) is 41.4 Å². The molecule has 0 saturated heterocycles. The second-order valence-corrected chi connectivity index (χ2v) is 6.59. The summed E-state index contributed by atoms with van der Waals surface area (Å²) in [6, 6.07) is 0.746. The van der Waals surface area contributed by atoms with Gasteiger partial charge in [0.05, 0.1) is 25.5 Å². The van der Waals surface area contributed by atoms with Gasteiger partial charge in [-0.2, -0.15) is 0 Å². The van der Waals surface area contributed by atoms with E-state index in [1.165, 1.54) is 13.2 Å². The number of rotatable bonds is 11. The average Bonchev–Trinajstić information content (AvgIpc) is 2.67. The molecule has 2 unspecified atom stereocenters. The highest BCUT2D eigenvalue weighted by atomic mass is 32.2. The number of ether oxygens (including phenoxy) is 1. The third kappa shape index (κ3) is 6.82. The molecule has 0 aliphatic rings. The summed E-state index contributed by atoms with van der Waals surface area (Å²) in [4.78, 5) is 0. The number of halogens is 3. The number of hydrogen-bond acceptors (Lipinski definition) is 5. The minimum absolute atomic E-state index is 0.120. The number of aliphatic hydroxyl groups excluding tert-OH is 2. The Kier molecular flexibility index (Phi) is 10.0. The molecule has 0 spiro atoms. The largest absolute Gasteiger partial charge is 0.494 e. The Labute approximate surface area is 164 Å².